The van der Waals surface area contributed by atoms with Crippen LogP contribution in [0.1, 0.15) is 39.0 Å². The zero-order chi connectivity index (χ0) is 9.40. The van der Waals surface area contributed by atoms with Gasteiger partial charge in [-0.05, 0) is 19.8 Å². The third kappa shape index (κ3) is 7.73. The lowest BCUT2D eigenvalue weighted by Crippen LogP contribution is -1.99. The van der Waals surface area contributed by atoms with Gasteiger partial charge in [-0.25, -0.2) is 0 Å². The van der Waals surface area contributed by atoms with Gasteiger partial charge in [-0.2, -0.15) is 0 Å². The predicted molar refractivity (Wildman–Crippen MR) is 49.5 cm³/mol. The molecule has 0 heterocycles. The Kier molecular flexibility index (Phi) is 7.06. The van der Waals surface area contributed by atoms with Crippen molar-refractivity contribution in [2.45, 2.75) is 39.0 Å². The fraction of sp³-hybridized carbons (Fsp3) is 0.778. The molecule has 0 N–H and O–H groups in total. The number of carbonyl (C=O) groups is 2. The number of ketones is 2. The number of unbranched alkanes of at least 4 members (excludes halogenated alkanes) is 1. The van der Waals surface area contributed by atoms with Gasteiger partial charge in [0.05, 0.1) is 0 Å². The average molecular weight is 191 g/mol. The third-order valence-electron chi connectivity index (χ3n) is 1.61. The maximum absolute atomic E-state index is 10.9. The van der Waals surface area contributed by atoms with Gasteiger partial charge in [-0.3, -0.25) is 4.79 Å². The Morgan fingerprint density at radius 1 is 1.08 bits per heavy atom. The van der Waals surface area contributed by atoms with Gasteiger partial charge in [-0.1, -0.05) is 0 Å². The molecule has 2 nitrogen and oxygen atoms in total. The van der Waals surface area contributed by atoms with Crippen LogP contribution in [0.15, 0.2) is 0 Å². The molecule has 0 fully saturated rings. The Labute approximate surface area is 78.3 Å². The number of hydrogen-bond donors (Lipinski definition) is 0. The van der Waals surface area contributed by atoms with Crippen LogP contribution in [0.4, 0.5) is 0 Å². The molecule has 0 atom stereocenters. The molecule has 3 heteroatoms. The lowest BCUT2D eigenvalue weighted by molar-refractivity contribution is -0.119. The largest absolute Gasteiger partial charge is 0.300 e. The average Bonchev–Trinajstić information content (AvgIpc) is 1.98. The first kappa shape index (κ1) is 11.6. The van der Waals surface area contributed by atoms with E-state index in [0.29, 0.717) is 25.1 Å². The minimum Gasteiger partial charge on any atom is -0.300 e. The zero-order valence-corrected chi connectivity index (χ0v) is 8.19. The molecule has 0 spiro atoms. The highest BCUT2D eigenvalue weighted by atomic mass is 35.5. The molecule has 0 aliphatic heterocycles. The van der Waals surface area contributed by atoms with E-state index in [-0.39, 0.29) is 11.6 Å². The van der Waals surface area contributed by atoms with Crippen molar-refractivity contribution in [3.05, 3.63) is 0 Å². The molecule has 0 radical (unpaired) electrons. The van der Waals surface area contributed by atoms with E-state index < -0.39 is 0 Å². The monoisotopic (exact) mass is 190 g/mol. The van der Waals surface area contributed by atoms with Crippen molar-refractivity contribution in [3.8, 4) is 0 Å². The molecule has 0 saturated heterocycles. The van der Waals surface area contributed by atoms with Crippen molar-refractivity contribution < 1.29 is 9.59 Å². The van der Waals surface area contributed by atoms with Crippen LogP contribution in [0.25, 0.3) is 0 Å². The summed E-state index contributed by atoms with van der Waals surface area (Å²) in [7, 11) is 0. The third-order valence-corrected chi connectivity index (χ3v) is 1.80. The van der Waals surface area contributed by atoms with Crippen LogP contribution in [0.5, 0.6) is 0 Å². The van der Waals surface area contributed by atoms with Gasteiger partial charge in [0.25, 0.3) is 0 Å². The Morgan fingerprint density at radius 3 is 2.17 bits per heavy atom. The van der Waals surface area contributed by atoms with Crippen molar-refractivity contribution in [2.24, 2.45) is 0 Å². The minimum atomic E-state index is 0.194. The van der Waals surface area contributed by atoms with E-state index in [2.05, 4.69) is 0 Å². The summed E-state index contributed by atoms with van der Waals surface area (Å²) in [6.45, 7) is 1.57. The topological polar surface area (TPSA) is 34.1 Å². The minimum absolute atomic E-state index is 0.194. The predicted octanol–water partition coefficient (Wildman–Crippen LogP) is 2.33. The van der Waals surface area contributed by atoms with Gasteiger partial charge >= 0.3 is 0 Å². The fourth-order valence-corrected chi connectivity index (χ4v) is 1.14. The van der Waals surface area contributed by atoms with Crippen molar-refractivity contribution in [1.82, 2.24) is 0 Å². The number of hydrogen-bond acceptors (Lipinski definition) is 2. The summed E-state index contributed by atoms with van der Waals surface area (Å²) in [5.41, 5.74) is 0. The van der Waals surface area contributed by atoms with Crippen LogP contribution in [-0.4, -0.2) is 17.4 Å². The zero-order valence-electron chi connectivity index (χ0n) is 7.44. The van der Waals surface area contributed by atoms with Crippen molar-refractivity contribution in [3.63, 3.8) is 0 Å². The summed E-state index contributed by atoms with van der Waals surface area (Å²) >= 11 is 5.38. The van der Waals surface area contributed by atoms with Gasteiger partial charge < -0.3 is 4.79 Å². The van der Waals surface area contributed by atoms with E-state index in [4.69, 9.17) is 11.6 Å². The summed E-state index contributed by atoms with van der Waals surface area (Å²) in [6.07, 6.45) is 3.26. The summed E-state index contributed by atoms with van der Waals surface area (Å²) < 4.78 is 0. The van der Waals surface area contributed by atoms with Gasteiger partial charge in [0, 0.05) is 25.1 Å². The molecular formula is C9H15ClO2. The summed E-state index contributed by atoms with van der Waals surface area (Å²) in [5.74, 6) is 0.805. The molecule has 0 bridgehead atoms. The second kappa shape index (κ2) is 7.29. The first-order chi connectivity index (χ1) is 5.66. The van der Waals surface area contributed by atoms with Crippen molar-refractivity contribution in [2.75, 3.05) is 5.88 Å². The molecule has 0 aromatic rings. The highest BCUT2D eigenvalue weighted by Gasteiger charge is 2.00. The van der Waals surface area contributed by atoms with Crippen LogP contribution in [-0.2, 0) is 9.59 Å². The van der Waals surface area contributed by atoms with Gasteiger partial charge in [0.1, 0.15) is 11.6 Å². The molecular weight excluding hydrogens is 176 g/mol. The second-order valence-corrected chi connectivity index (χ2v) is 3.26. The molecule has 0 rings (SSSR count). The normalized spacial score (nSPS) is 9.83. The number of carbonyl (C=O) groups excluding carboxylic acids is 2. The van der Waals surface area contributed by atoms with Gasteiger partial charge in [0.15, 0.2) is 0 Å². The van der Waals surface area contributed by atoms with Gasteiger partial charge in [0.2, 0.25) is 0 Å². The van der Waals surface area contributed by atoms with E-state index in [0.717, 1.165) is 12.8 Å². The lowest BCUT2D eigenvalue weighted by Gasteiger charge is -1.97. The molecule has 0 aromatic heterocycles. The fourth-order valence-electron chi connectivity index (χ4n) is 0.927. The number of alkyl halides is 1. The van der Waals surface area contributed by atoms with E-state index in [9.17, 15) is 9.59 Å². The van der Waals surface area contributed by atoms with Crippen LogP contribution in [0, 0.1) is 0 Å². The number of rotatable bonds is 7. The maximum atomic E-state index is 10.9. The van der Waals surface area contributed by atoms with Crippen molar-refractivity contribution >= 4 is 23.2 Å². The van der Waals surface area contributed by atoms with E-state index in [1.165, 1.54) is 0 Å². The summed E-state index contributed by atoms with van der Waals surface area (Å²) in [5, 5.41) is 0. The molecule has 0 unspecified atom stereocenters. The maximum Gasteiger partial charge on any atom is 0.134 e. The quantitative estimate of drug-likeness (QED) is 0.456. The molecule has 0 aliphatic carbocycles. The standard InChI is InChI=1S/C9H15ClO2/c1-8(11)4-2-3-5-9(12)6-7-10/h2-7H2,1H3. The highest BCUT2D eigenvalue weighted by molar-refractivity contribution is 6.19. The Morgan fingerprint density at radius 2 is 1.67 bits per heavy atom. The Bertz CT molecular complexity index is 155. The van der Waals surface area contributed by atoms with Gasteiger partial charge in [-0.15, -0.1) is 11.6 Å². The van der Waals surface area contributed by atoms with Crippen LogP contribution < -0.4 is 0 Å². The molecule has 12 heavy (non-hydrogen) atoms. The van der Waals surface area contributed by atoms with E-state index >= 15 is 0 Å². The Balaban J connectivity index is 3.19. The lowest BCUT2D eigenvalue weighted by atomic mass is 10.1. The second-order valence-electron chi connectivity index (χ2n) is 2.89. The molecule has 0 amide bonds. The Hall–Kier alpha value is -0.370. The first-order valence-corrected chi connectivity index (χ1v) is 4.77. The van der Waals surface area contributed by atoms with E-state index in [1.807, 2.05) is 0 Å². The summed E-state index contributed by atoms with van der Waals surface area (Å²) in [6, 6.07) is 0. The number of Topliss-reactive ketones (excluding diaryl/α,β-unsaturated/α-hetero) is 2. The van der Waals surface area contributed by atoms with Crippen LogP contribution in [0.3, 0.4) is 0 Å². The molecule has 0 aliphatic rings. The SMILES string of the molecule is CC(=O)CCCCC(=O)CCCl. The smallest absolute Gasteiger partial charge is 0.134 e. The molecule has 0 saturated carbocycles. The highest BCUT2D eigenvalue weighted by Crippen LogP contribution is 2.03. The van der Waals surface area contributed by atoms with Crippen LogP contribution in [0.2, 0.25) is 0 Å². The molecule has 0 aromatic carbocycles. The van der Waals surface area contributed by atoms with Crippen LogP contribution >= 0.6 is 11.6 Å². The number of halogens is 1. The molecule has 70 valence electrons. The summed E-state index contributed by atoms with van der Waals surface area (Å²) in [4.78, 5) is 21.4. The van der Waals surface area contributed by atoms with E-state index in [1.54, 1.807) is 6.92 Å². The van der Waals surface area contributed by atoms with Crippen molar-refractivity contribution in [1.29, 1.82) is 0 Å². The first-order valence-electron chi connectivity index (χ1n) is 4.24.